The molecule has 25 heavy (non-hydrogen) atoms. The number of carbonyl (C=O) groups is 2. The Balaban J connectivity index is 1.51. The zero-order valence-electron chi connectivity index (χ0n) is 15.4. The number of carbonyl (C=O) groups excluding carboxylic acids is 2. The summed E-state index contributed by atoms with van der Waals surface area (Å²) in [6, 6.07) is 8.31. The topological polar surface area (TPSA) is 70.2 Å². The molecule has 3 N–H and O–H groups in total. The molecule has 136 valence electrons. The molecule has 2 atom stereocenters. The van der Waals surface area contributed by atoms with Gasteiger partial charge < -0.3 is 16.0 Å². The summed E-state index contributed by atoms with van der Waals surface area (Å²) in [6.45, 7) is 5.85. The summed E-state index contributed by atoms with van der Waals surface area (Å²) >= 11 is 0. The van der Waals surface area contributed by atoms with Crippen LogP contribution >= 0.6 is 0 Å². The highest BCUT2D eigenvalue weighted by Gasteiger charge is 2.34. The molecule has 2 aliphatic heterocycles. The Morgan fingerprint density at radius 1 is 1.08 bits per heavy atom. The molecule has 1 aromatic carbocycles. The minimum Gasteiger partial charge on any atom is -0.347 e. The Morgan fingerprint density at radius 3 is 2.24 bits per heavy atom. The standard InChI is InChI=1S/C20H29N3O2/c1-20(2,3)23-19(25)14-4-6-15(7-5-14)22-18(24)12-13-10-16-8-9-17(11-13)21-16/h4-7,13,16-17,21H,8-12H2,1-3H3,(H,22,24)(H,23,25). The predicted molar refractivity (Wildman–Crippen MR) is 99.6 cm³/mol. The van der Waals surface area contributed by atoms with E-state index in [0.29, 0.717) is 30.0 Å². The third kappa shape index (κ3) is 5.05. The van der Waals surface area contributed by atoms with E-state index >= 15 is 0 Å². The fourth-order valence-corrected chi connectivity index (χ4v) is 3.93. The van der Waals surface area contributed by atoms with Crippen molar-refractivity contribution >= 4 is 17.5 Å². The predicted octanol–water partition coefficient (Wildman–Crippen LogP) is 3.07. The van der Waals surface area contributed by atoms with Gasteiger partial charge in [0.2, 0.25) is 5.91 Å². The minimum absolute atomic E-state index is 0.0678. The van der Waals surface area contributed by atoms with Crippen LogP contribution in [0.25, 0.3) is 0 Å². The zero-order chi connectivity index (χ0) is 18.0. The molecule has 0 aliphatic carbocycles. The van der Waals surface area contributed by atoms with Gasteiger partial charge in [0.25, 0.3) is 5.91 Å². The van der Waals surface area contributed by atoms with Crippen LogP contribution < -0.4 is 16.0 Å². The molecule has 2 amide bonds. The smallest absolute Gasteiger partial charge is 0.251 e. The highest BCUT2D eigenvalue weighted by atomic mass is 16.2. The van der Waals surface area contributed by atoms with Gasteiger partial charge in [-0.1, -0.05) is 0 Å². The van der Waals surface area contributed by atoms with Crippen LogP contribution in [0.5, 0.6) is 0 Å². The van der Waals surface area contributed by atoms with Crippen molar-refractivity contribution in [3.63, 3.8) is 0 Å². The first-order valence-electron chi connectivity index (χ1n) is 9.27. The van der Waals surface area contributed by atoms with E-state index < -0.39 is 0 Å². The molecular weight excluding hydrogens is 314 g/mol. The molecule has 2 aliphatic rings. The van der Waals surface area contributed by atoms with Crippen LogP contribution in [0.3, 0.4) is 0 Å². The van der Waals surface area contributed by atoms with Gasteiger partial charge in [0.15, 0.2) is 0 Å². The second kappa shape index (κ2) is 7.16. The molecule has 2 saturated heterocycles. The third-order valence-electron chi connectivity index (χ3n) is 4.96. The normalized spacial score (nSPS) is 25.5. The summed E-state index contributed by atoms with van der Waals surface area (Å²) in [4.78, 5) is 24.4. The van der Waals surface area contributed by atoms with E-state index in [-0.39, 0.29) is 17.4 Å². The molecule has 0 saturated carbocycles. The molecule has 0 radical (unpaired) electrons. The molecule has 0 aromatic heterocycles. The maximum absolute atomic E-state index is 12.3. The summed E-state index contributed by atoms with van der Waals surface area (Å²) in [7, 11) is 0. The lowest BCUT2D eigenvalue weighted by Gasteiger charge is -2.28. The van der Waals surface area contributed by atoms with Crippen LogP contribution in [-0.2, 0) is 4.79 Å². The maximum atomic E-state index is 12.3. The van der Waals surface area contributed by atoms with Gasteiger partial charge in [-0.05, 0) is 76.6 Å². The Kier molecular flexibility index (Phi) is 5.13. The first kappa shape index (κ1) is 17.9. The van der Waals surface area contributed by atoms with Crippen LogP contribution in [0.1, 0.15) is 63.2 Å². The fourth-order valence-electron chi connectivity index (χ4n) is 3.93. The quantitative estimate of drug-likeness (QED) is 0.787. The summed E-state index contributed by atoms with van der Waals surface area (Å²) in [5.74, 6) is 0.448. The summed E-state index contributed by atoms with van der Waals surface area (Å²) in [5, 5.41) is 9.50. The fraction of sp³-hybridized carbons (Fsp3) is 0.600. The van der Waals surface area contributed by atoms with Crippen molar-refractivity contribution in [2.24, 2.45) is 5.92 Å². The van der Waals surface area contributed by atoms with E-state index in [0.717, 1.165) is 18.5 Å². The highest BCUT2D eigenvalue weighted by Crippen LogP contribution is 2.32. The van der Waals surface area contributed by atoms with Crippen molar-refractivity contribution in [1.82, 2.24) is 10.6 Å². The van der Waals surface area contributed by atoms with Crippen molar-refractivity contribution in [3.8, 4) is 0 Å². The second-order valence-corrected chi connectivity index (χ2v) is 8.51. The van der Waals surface area contributed by atoms with Crippen LogP contribution in [0, 0.1) is 5.92 Å². The number of piperidine rings is 1. The molecule has 2 bridgehead atoms. The second-order valence-electron chi connectivity index (χ2n) is 8.51. The number of benzene rings is 1. The molecule has 2 fully saturated rings. The first-order valence-corrected chi connectivity index (χ1v) is 9.27. The highest BCUT2D eigenvalue weighted by molar-refractivity contribution is 5.96. The van der Waals surface area contributed by atoms with Crippen molar-refractivity contribution in [1.29, 1.82) is 0 Å². The van der Waals surface area contributed by atoms with Gasteiger partial charge >= 0.3 is 0 Å². The molecule has 0 spiro atoms. The third-order valence-corrected chi connectivity index (χ3v) is 4.96. The number of fused-ring (bicyclic) bond motifs is 2. The van der Waals surface area contributed by atoms with Crippen LogP contribution in [0.15, 0.2) is 24.3 Å². The molecule has 3 rings (SSSR count). The first-order chi connectivity index (χ1) is 11.8. The summed E-state index contributed by atoms with van der Waals surface area (Å²) in [5.41, 5.74) is 1.08. The van der Waals surface area contributed by atoms with E-state index in [9.17, 15) is 9.59 Å². The van der Waals surface area contributed by atoms with E-state index in [2.05, 4.69) is 16.0 Å². The molecule has 1 aromatic rings. The number of hydrogen-bond acceptors (Lipinski definition) is 3. The van der Waals surface area contributed by atoms with Gasteiger partial charge in [0.1, 0.15) is 0 Å². The summed E-state index contributed by atoms with van der Waals surface area (Å²) in [6.07, 6.45) is 5.30. The lowest BCUT2D eigenvalue weighted by atomic mass is 9.89. The number of anilines is 1. The molecule has 2 heterocycles. The van der Waals surface area contributed by atoms with Crippen molar-refractivity contribution in [2.45, 2.75) is 70.5 Å². The zero-order valence-corrected chi connectivity index (χ0v) is 15.4. The van der Waals surface area contributed by atoms with Crippen molar-refractivity contribution < 1.29 is 9.59 Å². The molecule has 2 unspecified atom stereocenters. The summed E-state index contributed by atoms with van der Waals surface area (Å²) < 4.78 is 0. The SMILES string of the molecule is CC(C)(C)NC(=O)c1ccc(NC(=O)CC2CC3CCC(C2)N3)cc1. The monoisotopic (exact) mass is 343 g/mol. The van der Waals surface area contributed by atoms with Crippen molar-refractivity contribution in [3.05, 3.63) is 29.8 Å². The van der Waals surface area contributed by atoms with E-state index in [1.165, 1.54) is 12.8 Å². The van der Waals surface area contributed by atoms with Gasteiger partial charge in [0.05, 0.1) is 0 Å². The Hall–Kier alpha value is -1.88. The van der Waals surface area contributed by atoms with Gasteiger partial charge in [-0.3, -0.25) is 9.59 Å². The van der Waals surface area contributed by atoms with E-state index in [1.54, 1.807) is 24.3 Å². The van der Waals surface area contributed by atoms with E-state index in [4.69, 9.17) is 0 Å². The lowest BCUT2D eigenvalue weighted by molar-refractivity contribution is -0.117. The Labute approximate surface area is 150 Å². The van der Waals surface area contributed by atoms with Gasteiger partial charge in [0, 0.05) is 35.3 Å². The van der Waals surface area contributed by atoms with Gasteiger partial charge in [-0.25, -0.2) is 0 Å². The molecular formula is C20H29N3O2. The number of amides is 2. The van der Waals surface area contributed by atoms with E-state index in [1.807, 2.05) is 20.8 Å². The number of nitrogens with one attached hydrogen (secondary N) is 3. The Bertz CT molecular complexity index is 621. The van der Waals surface area contributed by atoms with Crippen molar-refractivity contribution in [2.75, 3.05) is 5.32 Å². The average molecular weight is 343 g/mol. The molecule has 5 nitrogen and oxygen atoms in total. The molecule has 5 heteroatoms. The van der Waals surface area contributed by atoms with Crippen LogP contribution in [-0.4, -0.2) is 29.4 Å². The maximum Gasteiger partial charge on any atom is 0.251 e. The largest absolute Gasteiger partial charge is 0.347 e. The average Bonchev–Trinajstić information content (AvgIpc) is 2.85. The number of hydrogen-bond donors (Lipinski definition) is 3. The number of rotatable bonds is 4. The lowest BCUT2D eigenvalue weighted by Crippen LogP contribution is -2.40. The van der Waals surface area contributed by atoms with Gasteiger partial charge in [-0.15, -0.1) is 0 Å². The van der Waals surface area contributed by atoms with Crippen LogP contribution in [0.4, 0.5) is 5.69 Å². The van der Waals surface area contributed by atoms with Gasteiger partial charge in [-0.2, -0.15) is 0 Å². The van der Waals surface area contributed by atoms with Crippen LogP contribution in [0.2, 0.25) is 0 Å². The Morgan fingerprint density at radius 2 is 1.68 bits per heavy atom. The minimum atomic E-state index is -0.266.